The van der Waals surface area contributed by atoms with Gasteiger partial charge in [0.15, 0.2) is 0 Å². The van der Waals surface area contributed by atoms with Crippen molar-refractivity contribution in [1.29, 1.82) is 0 Å². The first kappa shape index (κ1) is 24.3. The van der Waals surface area contributed by atoms with Gasteiger partial charge in [0.25, 0.3) is 5.91 Å². The summed E-state index contributed by atoms with van der Waals surface area (Å²) >= 11 is 0. The molecule has 2 aromatic rings. The molecule has 0 saturated carbocycles. The van der Waals surface area contributed by atoms with Gasteiger partial charge in [-0.2, -0.15) is 0 Å². The highest BCUT2D eigenvalue weighted by atomic mass is 32.3. The van der Waals surface area contributed by atoms with Gasteiger partial charge in [-0.25, -0.2) is 18.7 Å². The van der Waals surface area contributed by atoms with E-state index in [1.54, 1.807) is 27.7 Å². The largest absolute Gasteiger partial charge is 0.386 e. The Balaban J connectivity index is 1.78. The number of nitrogens with two attached hydrogens (primary N) is 1. The quantitative estimate of drug-likeness (QED) is 0.491. The molecule has 0 aliphatic carbocycles. The van der Waals surface area contributed by atoms with Crippen LogP contribution in [0.3, 0.4) is 0 Å². The van der Waals surface area contributed by atoms with Gasteiger partial charge in [-0.15, -0.1) is 0 Å². The summed E-state index contributed by atoms with van der Waals surface area (Å²) in [6.07, 6.45) is 3.15. The summed E-state index contributed by atoms with van der Waals surface area (Å²) in [4.78, 5) is 25.7. The number of anilines is 1. The molecule has 4 N–H and O–H groups in total. The zero-order chi connectivity index (χ0) is 24.9. The number of carbonyl (C=O) groups is 1. The minimum absolute atomic E-state index is 0.0273. The van der Waals surface area contributed by atoms with Gasteiger partial charge in [0.2, 0.25) is 0 Å². The first-order chi connectivity index (χ1) is 15.9. The Labute approximate surface area is 198 Å². The molecule has 184 valence electrons. The van der Waals surface area contributed by atoms with E-state index in [9.17, 15) is 13.4 Å². The average Bonchev–Trinajstić information content (AvgIpc) is 2.97. The number of pyridine rings is 2. The molecule has 0 unspecified atom stereocenters. The van der Waals surface area contributed by atoms with Crippen LogP contribution < -0.4 is 15.8 Å². The lowest BCUT2D eigenvalue weighted by molar-refractivity contribution is 0.102. The number of aromatic nitrogens is 2. The molecule has 0 radical (unpaired) electrons. The highest BCUT2D eigenvalue weighted by molar-refractivity contribution is 8.03. The monoisotopic (exact) mass is 492 g/mol. The molecular weight excluding hydrogens is 462 g/mol. The van der Waals surface area contributed by atoms with Crippen molar-refractivity contribution in [3.8, 4) is 0 Å². The van der Waals surface area contributed by atoms with Crippen LogP contribution >= 0.6 is 0 Å². The van der Waals surface area contributed by atoms with Gasteiger partial charge in [0.05, 0.1) is 16.2 Å². The van der Waals surface area contributed by atoms with Gasteiger partial charge in [-0.3, -0.25) is 18.7 Å². The number of hydrogen-bond acceptors (Lipinski definition) is 6. The highest BCUT2D eigenvalue weighted by Crippen LogP contribution is 2.47. The van der Waals surface area contributed by atoms with Crippen molar-refractivity contribution in [2.45, 2.75) is 62.5 Å². The molecule has 4 heterocycles. The fraction of sp³-hybridized carbons (Fsp3) is 0.478. The number of hydrogen-bond donors (Lipinski definition) is 4. The second-order valence-electron chi connectivity index (χ2n) is 9.58. The Morgan fingerprint density at radius 3 is 2.71 bits per heavy atom. The molecule has 2 atom stereocenters. The molecule has 1 amide bonds. The van der Waals surface area contributed by atoms with Crippen LogP contribution in [0, 0.1) is 18.6 Å². The van der Waals surface area contributed by atoms with Crippen molar-refractivity contribution in [2.24, 2.45) is 10.7 Å². The van der Waals surface area contributed by atoms with Crippen molar-refractivity contribution >= 4 is 27.7 Å². The van der Waals surface area contributed by atoms with E-state index in [0.717, 1.165) is 19.0 Å². The lowest BCUT2D eigenvalue weighted by atomic mass is 9.88. The van der Waals surface area contributed by atoms with Gasteiger partial charge in [0.1, 0.15) is 40.2 Å². The SMILES string of the molecule is Cc1cc(F)cnc1C(=O)Nc1ccc(F)c([C@@]2(C)N=C(N)C(C)(C)[SH]3(=O)NCCCC[C@H]23)n1. The van der Waals surface area contributed by atoms with Crippen LogP contribution in [0.1, 0.15) is 61.8 Å². The Bertz CT molecular complexity index is 1230. The predicted octanol–water partition coefficient (Wildman–Crippen LogP) is 2.75. The number of fused-ring (bicyclic) bond motifs is 1. The first-order valence-corrected chi connectivity index (χ1v) is 13.0. The molecule has 2 aliphatic rings. The van der Waals surface area contributed by atoms with E-state index < -0.39 is 43.2 Å². The van der Waals surface area contributed by atoms with Crippen LogP contribution in [0.4, 0.5) is 14.6 Å². The lowest BCUT2D eigenvalue weighted by Crippen LogP contribution is -2.67. The number of aliphatic imine (C=N–C) groups is 1. The van der Waals surface area contributed by atoms with E-state index in [4.69, 9.17) is 5.73 Å². The second kappa shape index (κ2) is 8.46. The van der Waals surface area contributed by atoms with Crippen LogP contribution in [0.2, 0.25) is 0 Å². The summed E-state index contributed by atoms with van der Waals surface area (Å²) in [5.41, 5.74) is 5.36. The Hall–Kier alpha value is -2.79. The van der Waals surface area contributed by atoms with E-state index in [2.05, 4.69) is 25.0 Å². The number of thiol groups is 1. The summed E-state index contributed by atoms with van der Waals surface area (Å²) in [5.74, 6) is -1.55. The normalized spacial score (nSPS) is 26.5. The second-order valence-corrected chi connectivity index (χ2v) is 13.0. The number of carbonyl (C=O) groups excluding carboxylic acids is 1. The maximum atomic E-state index is 15.2. The first-order valence-electron chi connectivity index (χ1n) is 11.2. The molecule has 0 aromatic carbocycles. The minimum atomic E-state index is -3.17. The van der Waals surface area contributed by atoms with E-state index in [1.165, 1.54) is 18.2 Å². The minimum Gasteiger partial charge on any atom is -0.386 e. The molecule has 4 rings (SSSR count). The number of nitrogens with one attached hydrogen (secondary N) is 2. The van der Waals surface area contributed by atoms with Gasteiger partial charge < -0.3 is 11.1 Å². The van der Waals surface area contributed by atoms with Crippen LogP contribution in [0.15, 0.2) is 29.4 Å². The van der Waals surface area contributed by atoms with Crippen LogP contribution in [0.5, 0.6) is 0 Å². The molecule has 11 heteroatoms. The number of amidine groups is 1. The fourth-order valence-corrected chi connectivity index (χ4v) is 8.59. The van der Waals surface area contributed by atoms with Gasteiger partial charge >= 0.3 is 0 Å². The predicted molar refractivity (Wildman–Crippen MR) is 129 cm³/mol. The number of rotatable bonds is 3. The fourth-order valence-electron chi connectivity index (χ4n) is 4.89. The Kier molecular flexibility index (Phi) is 6.05. The standard InChI is InChI=1S/C23H30F2N6O2S/c1-13-11-14(24)12-27-18(13)20(32)30-17-9-8-15(25)19(29-17)23(4)16-7-5-6-10-28-34(16,33)22(2,3)21(26)31-23/h8-9,11-12,16,34H,5-7,10H2,1-4H3,(H2,26,31)(H,28,33)(H,29,30,32)/t16-,23+/m1/s1. The topological polar surface area (TPSA) is 122 Å². The summed E-state index contributed by atoms with van der Waals surface area (Å²) < 4.78 is 45.3. The van der Waals surface area contributed by atoms with Crippen LogP contribution in [-0.2, 0) is 15.7 Å². The number of halogens is 2. The smallest absolute Gasteiger partial charge is 0.275 e. The zero-order valence-corrected chi connectivity index (χ0v) is 20.5. The molecule has 2 aromatic heterocycles. The van der Waals surface area contributed by atoms with E-state index in [-0.39, 0.29) is 23.0 Å². The van der Waals surface area contributed by atoms with Crippen molar-refractivity contribution in [2.75, 3.05) is 11.9 Å². The molecule has 0 spiro atoms. The van der Waals surface area contributed by atoms with Crippen LogP contribution in [0.25, 0.3) is 0 Å². The lowest BCUT2D eigenvalue weighted by Gasteiger charge is -2.53. The third-order valence-electron chi connectivity index (χ3n) is 6.98. The van der Waals surface area contributed by atoms with Crippen LogP contribution in [-0.4, -0.2) is 42.5 Å². The van der Waals surface area contributed by atoms with E-state index >= 15 is 4.39 Å². The van der Waals surface area contributed by atoms with Gasteiger partial charge in [-0.1, -0.05) is 6.42 Å². The Morgan fingerprint density at radius 2 is 2.00 bits per heavy atom. The van der Waals surface area contributed by atoms with Gasteiger partial charge in [0, 0.05) is 6.54 Å². The van der Waals surface area contributed by atoms with Crippen molar-refractivity contribution < 1.29 is 17.8 Å². The average molecular weight is 493 g/mol. The van der Waals surface area contributed by atoms with Crippen molar-refractivity contribution in [1.82, 2.24) is 14.7 Å². The number of aryl methyl sites for hydroxylation is 1. The Morgan fingerprint density at radius 1 is 1.26 bits per heavy atom. The summed E-state index contributed by atoms with van der Waals surface area (Å²) in [5, 5.41) is 2.07. The number of amides is 1. The molecular formula is C23H30F2N6O2S. The molecule has 0 bridgehead atoms. The molecule has 1 fully saturated rings. The van der Waals surface area contributed by atoms with Gasteiger partial charge in [-0.05, 0) is 74.4 Å². The molecule has 34 heavy (non-hydrogen) atoms. The molecule has 2 aliphatic heterocycles. The maximum absolute atomic E-state index is 15.2. The van der Waals surface area contributed by atoms with E-state index in [0.29, 0.717) is 18.5 Å². The highest BCUT2D eigenvalue weighted by Gasteiger charge is 2.57. The molecule has 1 saturated heterocycles. The maximum Gasteiger partial charge on any atom is 0.275 e. The van der Waals surface area contributed by atoms with Crippen molar-refractivity contribution in [3.63, 3.8) is 0 Å². The summed E-state index contributed by atoms with van der Waals surface area (Å²) in [6, 6.07) is 3.71. The third kappa shape index (κ3) is 3.80. The zero-order valence-electron chi connectivity index (χ0n) is 19.7. The third-order valence-corrected chi connectivity index (χ3v) is 11.2. The molecule has 8 nitrogen and oxygen atoms in total. The van der Waals surface area contributed by atoms with Crippen molar-refractivity contribution in [3.05, 3.63) is 53.0 Å². The summed E-state index contributed by atoms with van der Waals surface area (Å²) in [7, 11) is -3.17. The summed E-state index contributed by atoms with van der Waals surface area (Å²) in [6.45, 7) is 7.44. The van der Waals surface area contributed by atoms with E-state index in [1.807, 2.05) is 0 Å². The number of nitrogens with zero attached hydrogens (tertiary/aromatic N) is 3.